The van der Waals surface area contributed by atoms with Crippen LogP contribution >= 0.6 is 0 Å². The average Bonchev–Trinajstić information content (AvgIpc) is 2.45. The van der Waals surface area contributed by atoms with Crippen molar-refractivity contribution in [2.24, 2.45) is 0 Å². The van der Waals surface area contributed by atoms with E-state index in [9.17, 15) is 22.4 Å². The molecule has 0 saturated heterocycles. The number of alkyl halides is 3. The molecule has 0 spiro atoms. The first-order valence-electron chi connectivity index (χ1n) is 6.63. The second kappa shape index (κ2) is 6.68. The molecule has 0 radical (unpaired) electrons. The number of hydrogen-bond donors (Lipinski definition) is 0. The summed E-state index contributed by atoms with van der Waals surface area (Å²) >= 11 is 0. The normalized spacial score (nSPS) is 11.2. The lowest BCUT2D eigenvalue weighted by Gasteiger charge is -2.14. The molecular weight excluding hydrogens is 316 g/mol. The van der Waals surface area contributed by atoms with Gasteiger partial charge in [-0.1, -0.05) is 18.2 Å². The van der Waals surface area contributed by atoms with Crippen molar-refractivity contribution >= 4 is 5.97 Å². The second-order valence-electron chi connectivity index (χ2n) is 4.49. The zero-order valence-corrected chi connectivity index (χ0v) is 12.0. The maximum atomic E-state index is 13.7. The minimum absolute atomic E-state index is 0.00914. The van der Waals surface area contributed by atoms with Crippen LogP contribution in [0.4, 0.5) is 17.6 Å². The van der Waals surface area contributed by atoms with Crippen molar-refractivity contribution in [2.45, 2.75) is 13.3 Å². The molecule has 0 aromatic heterocycles. The van der Waals surface area contributed by atoms with Crippen LogP contribution in [0.2, 0.25) is 0 Å². The average molecular weight is 328 g/mol. The van der Waals surface area contributed by atoms with Crippen LogP contribution in [0, 0.1) is 5.82 Å². The van der Waals surface area contributed by atoms with Gasteiger partial charge in [-0.15, -0.1) is 13.2 Å². The molecule has 0 bridgehead atoms. The molecule has 0 amide bonds. The van der Waals surface area contributed by atoms with Crippen molar-refractivity contribution in [3.63, 3.8) is 0 Å². The molecule has 2 rings (SSSR count). The Morgan fingerprint density at radius 2 is 1.83 bits per heavy atom. The first kappa shape index (κ1) is 16.8. The van der Waals surface area contributed by atoms with Gasteiger partial charge in [0, 0.05) is 5.56 Å². The molecule has 0 aliphatic heterocycles. The number of ether oxygens (including phenoxy) is 2. The van der Waals surface area contributed by atoms with Crippen molar-refractivity contribution in [3.05, 3.63) is 53.8 Å². The fraction of sp³-hybridized carbons (Fsp3) is 0.188. The Morgan fingerprint density at radius 1 is 1.13 bits per heavy atom. The molecule has 0 fully saturated rings. The maximum Gasteiger partial charge on any atom is 0.573 e. The number of benzene rings is 2. The molecule has 122 valence electrons. The lowest BCUT2D eigenvalue weighted by atomic mass is 10.0. The minimum Gasteiger partial charge on any atom is -0.462 e. The van der Waals surface area contributed by atoms with E-state index >= 15 is 0 Å². The van der Waals surface area contributed by atoms with Crippen LogP contribution in [-0.4, -0.2) is 18.9 Å². The predicted octanol–water partition coefficient (Wildman–Crippen LogP) is 4.57. The van der Waals surface area contributed by atoms with Crippen LogP contribution in [0.1, 0.15) is 17.3 Å². The van der Waals surface area contributed by atoms with Crippen LogP contribution in [-0.2, 0) is 4.74 Å². The van der Waals surface area contributed by atoms with Gasteiger partial charge in [0.2, 0.25) is 0 Å². The van der Waals surface area contributed by atoms with Crippen LogP contribution in [0.5, 0.6) is 5.75 Å². The first-order chi connectivity index (χ1) is 10.8. The Bertz CT molecular complexity index is 711. The third-order valence-electron chi connectivity index (χ3n) is 2.83. The molecule has 3 nitrogen and oxygen atoms in total. The van der Waals surface area contributed by atoms with Gasteiger partial charge in [-0.3, -0.25) is 0 Å². The highest BCUT2D eigenvalue weighted by Crippen LogP contribution is 2.34. The van der Waals surface area contributed by atoms with Gasteiger partial charge < -0.3 is 9.47 Å². The van der Waals surface area contributed by atoms with E-state index in [1.165, 1.54) is 24.3 Å². The fourth-order valence-electron chi connectivity index (χ4n) is 2.00. The third kappa shape index (κ3) is 4.45. The molecule has 0 unspecified atom stereocenters. The summed E-state index contributed by atoms with van der Waals surface area (Å²) in [5.74, 6) is -2.02. The van der Waals surface area contributed by atoms with Crippen LogP contribution in [0.3, 0.4) is 0 Å². The fourth-order valence-corrected chi connectivity index (χ4v) is 2.00. The molecule has 2 aromatic carbocycles. The Hall–Kier alpha value is -2.57. The second-order valence-corrected chi connectivity index (χ2v) is 4.49. The highest BCUT2D eigenvalue weighted by molar-refractivity contribution is 5.91. The van der Waals surface area contributed by atoms with E-state index in [-0.39, 0.29) is 23.3 Å². The number of carbonyl (C=O) groups excluding carboxylic acids is 1. The molecular formula is C16H12F4O3. The van der Waals surface area contributed by atoms with Gasteiger partial charge in [-0.05, 0) is 36.8 Å². The minimum atomic E-state index is -4.88. The van der Waals surface area contributed by atoms with Gasteiger partial charge in [-0.2, -0.15) is 0 Å². The van der Waals surface area contributed by atoms with Gasteiger partial charge in [-0.25, -0.2) is 9.18 Å². The Morgan fingerprint density at radius 3 is 2.48 bits per heavy atom. The highest BCUT2D eigenvalue weighted by atomic mass is 19.4. The van der Waals surface area contributed by atoms with E-state index in [1.807, 2.05) is 0 Å². The van der Waals surface area contributed by atoms with Crippen molar-refractivity contribution in [1.29, 1.82) is 0 Å². The first-order valence-corrected chi connectivity index (χ1v) is 6.63. The number of carbonyl (C=O) groups is 1. The summed E-state index contributed by atoms with van der Waals surface area (Å²) in [6.07, 6.45) is -4.88. The standard InChI is InChI=1S/C16H12F4O3/c1-2-22-15(21)11-7-10(8-12(17)9-11)13-5-3-4-6-14(13)23-16(18,19)20/h3-9H,2H2,1H3. The van der Waals surface area contributed by atoms with E-state index in [0.717, 1.165) is 18.2 Å². The van der Waals surface area contributed by atoms with Gasteiger partial charge in [0.25, 0.3) is 0 Å². The largest absolute Gasteiger partial charge is 0.573 e. The van der Waals surface area contributed by atoms with Gasteiger partial charge in [0.15, 0.2) is 0 Å². The molecule has 7 heteroatoms. The van der Waals surface area contributed by atoms with Crippen molar-refractivity contribution in [2.75, 3.05) is 6.61 Å². The maximum absolute atomic E-state index is 13.7. The third-order valence-corrected chi connectivity index (χ3v) is 2.83. The number of esters is 1. The van der Waals surface area contributed by atoms with E-state index in [0.29, 0.717) is 0 Å². The number of rotatable bonds is 4. The zero-order valence-electron chi connectivity index (χ0n) is 12.0. The number of para-hydroxylation sites is 1. The molecule has 0 aliphatic carbocycles. The smallest absolute Gasteiger partial charge is 0.462 e. The topological polar surface area (TPSA) is 35.5 Å². The SMILES string of the molecule is CCOC(=O)c1cc(F)cc(-c2ccccc2OC(F)(F)F)c1. The van der Waals surface area contributed by atoms with Gasteiger partial charge >= 0.3 is 12.3 Å². The van der Waals surface area contributed by atoms with Crippen LogP contribution < -0.4 is 4.74 Å². The van der Waals surface area contributed by atoms with E-state index < -0.39 is 23.9 Å². The molecule has 23 heavy (non-hydrogen) atoms. The summed E-state index contributed by atoms with van der Waals surface area (Å²) in [4.78, 5) is 11.7. The number of halogens is 4. The van der Waals surface area contributed by atoms with Crippen LogP contribution in [0.15, 0.2) is 42.5 Å². The highest BCUT2D eigenvalue weighted by Gasteiger charge is 2.32. The van der Waals surface area contributed by atoms with Crippen molar-refractivity contribution < 1.29 is 31.8 Å². The summed E-state index contributed by atoms with van der Waals surface area (Å²) in [7, 11) is 0. The summed E-state index contributed by atoms with van der Waals surface area (Å²) in [6.45, 7) is 1.68. The lowest BCUT2D eigenvalue weighted by molar-refractivity contribution is -0.274. The quantitative estimate of drug-likeness (QED) is 0.609. The summed E-state index contributed by atoms with van der Waals surface area (Å²) < 4.78 is 59.8. The lowest BCUT2D eigenvalue weighted by Crippen LogP contribution is -2.17. The molecule has 0 heterocycles. The summed E-state index contributed by atoms with van der Waals surface area (Å²) in [6, 6.07) is 8.50. The Kier molecular flexibility index (Phi) is 4.88. The summed E-state index contributed by atoms with van der Waals surface area (Å²) in [5, 5.41) is 0. The number of hydrogen-bond acceptors (Lipinski definition) is 3. The molecule has 0 atom stereocenters. The van der Waals surface area contributed by atoms with E-state index in [1.54, 1.807) is 6.92 Å². The monoisotopic (exact) mass is 328 g/mol. The summed E-state index contributed by atoms with van der Waals surface area (Å²) in [5.41, 5.74) is -0.00793. The van der Waals surface area contributed by atoms with Gasteiger partial charge in [0.05, 0.1) is 12.2 Å². The Labute approximate surface area is 129 Å². The zero-order chi connectivity index (χ0) is 17.0. The van der Waals surface area contributed by atoms with Crippen molar-refractivity contribution in [3.8, 4) is 16.9 Å². The predicted molar refractivity (Wildman–Crippen MR) is 74.5 cm³/mol. The molecule has 2 aromatic rings. The van der Waals surface area contributed by atoms with E-state index in [4.69, 9.17) is 4.74 Å². The van der Waals surface area contributed by atoms with E-state index in [2.05, 4.69) is 4.74 Å². The molecule has 0 aliphatic rings. The van der Waals surface area contributed by atoms with Gasteiger partial charge in [0.1, 0.15) is 11.6 Å². The molecule has 0 N–H and O–H groups in total. The molecule has 0 saturated carbocycles. The van der Waals surface area contributed by atoms with Crippen molar-refractivity contribution in [1.82, 2.24) is 0 Å². The van der Waals surface area contributed by atoms with Crippen LogP contribution in [0.25, 0.3) is 11.1 Å². The Balaban J connectivity index is 2.48.